The van der Waals surface area contributed by atoms with E-state index in [1.807, 2.05) is 85.2 Å². The van der Waals surface area contributed by atoms with E-state index in [-0.39, 0.29) is 20.1 Å². The maximum atomic E-state index is 9.06. The Morgan fingerprint density at radius 3 is 2.23 bits per heavy atom. The first-order valence-electron chi connectivity index (χ1n) is 21.6. The van der Waals surface area contributed by atoms with E-state index in [0.29, 0.717) is 16.5 Å². The molecule has 0 N–H and O–H groups in total. The van der Waals surface area contributed by atoms with Gasteiger partial charge < -0.3 is 14.4 Å². The number of pyridine rings is 2. The number of benzene rings is 5. The molecule has 3 nitrogen and oxygen atoms in total. The maximum Gasteiger partial charge on any atom is 0.120 e. The van der Waals surface area contributed by atoms with Crippen LogP contribution in [0.5, 0.6) is 0 Å². The molecule has 3 aromatic heterocycles. The molecule has 5 heteroatoms. The van der Waals surface area contributed by atoms with Crippen LogP contribution in [0.3, 0.4) is 0 Å². The van der Waals surface area contributed by atoms with Crippen LogP contribution < -0.4 is 5.19 Å². The number of hydrogen-bond donors (Lipinski definition) is 0. The van der Waals surface area contributed by atoms with Gasteiger partial charge in [-0.05, 0) is 88.0 Å². The van der Waals surface area contributed by atoms with E-state index < -0.39 is 20.8 Å². The standard InChI is InChI=1S/C31H28NO.C21H22NSi.Ir/c1-31(2)17-14-23(15-18-31)21-10-12-22(13-11-21)24-16-19-32-28(20-24)27-8-5-7-26-25-6-3-4-9-29(25)33-30(26)27;1-16-10-11-18(14-20(16)17-8-6-5-7-9-17)21-13-12-19(15-22-21)23(2,3)4;/h3-7,9-13,16,19-20,23H,14-15,17-18H2,1-2H3;5-10,12-15H,1-4H3;/q2*-1;/i23D;1D3;. The van der Waals surface area contributed by atoms with Gasteiger partial charge in [0.15, 0.2) is 0 Å². The smallest absolute Gasteiger partial charge is 0.120 e. The van der Waals surface area contributed by atoms with E-state index >= 15 is 0 Å². The molecule has 5 aromatic carbocycles. The monoisotopic (exact) mass is 943 g/mol. The molecule has 289 valence electrons. The second-order valence-corrected chi connectivity index (χ2v) is 21.8. The fourth-order valence-corrected chi connectivity index (χ4v) is 8.57. The van der Waals surface area contributed by atoms with Crippen LogP contribution >= 0.6 is 0 Å². The van der Waals surface area contributed by atoms with Crippen molar-refractivity contribution in [2.24, 2.45) is 5.41 Å². The Hall–Kier alpha value is -4.93. The molecule has 1 saturated carbocycles. The molecule has 0 bridgehead atoms. The van der Waals surface area contributed by atoms with Crippen LogP contribution in [-0.2, 0) is 20.1 Å². The topological polar surface area (TPSA) is 38.9 Å². The minimum atomic E-state index is -2.19. The summed E-state index contributed by atoms with van der Waals surface area (Å²) in [5, 5.41) is 3.48. The molecule has 1 aliphatic carbocycles. The number of fused-ring (bicyclic) bond motifs is 3. The quantitative estimate of drug-likeness (QED) is 0.123. The maximum absolute atomic E-state index is 9.06. The van der Waals surface area contributed by atoms with Gasteiger partial charge in [-0.25, -0.2) is 0 Å². The van der Waals surface area contributed by atoms with Gasteiger partial charge in [0, 0.05) is 43.4 Å². The van der Waals surface area contributed by atoms with Crippen molar-refractivity contribution in [3.63, 3.8) is 0 Å². The number of rotatable bonds is 6. The molecular formula is C52H50IrN2OSi-2. The summed E-state index contributed by atoms with van der Waals surface area (Å²) in [4.78, 5) is 9.25. The van der Waals surface area contributed by atoms with Gasteiger partial charge in [0.1, 0.15) is 5.58 Å². The van der Waals surface area contributed by atoms with Crippen LogP contribution in [0.25, 0.3) is 66.7 Å². The second-order valence-electron chi connectivity index (χ2n) is 16.7. The molecular weight excluding hydrogens is 889 g/mol. The Labute approximate surface area is 358 Å². The van der Waals surface area contributed by atoms with Gasteiger partial charge in [0.05, 0.1) is 13.7 Å². The molecule has 0 spiro atoms. The van der Waals surface area contributed by atoms with Crippen LogP contribution in [0, 0.1) is 24.4 Å². The Morgan fingerprint density at radius 1 is 0.754 bits per heavy atom. The van der Waals surface area contributed by atoms with Gasteiger partial charge in [-0.1, -0.05) is 148 Å². The van der Waals surface area contributed by atoms with Gasteiger partial charge in [0.2, 0.25) is 0 Å². The average molecular weight is 943 g/mol. The van der Waals surface area contributed by atoms with Gasteiger partial charge in [-0.15, -0.1) is 47.5 Å². The number of furan rings is 1. The third-order valence-corrected chi connectivity index (χ3v) is 13.2. The zero-order valence-electron chi connectivity index (χ0n) is 37.2. The van der Waals surface area contributed by atoms with Crippen molar-refractivity contribution in [1.29, 1.82) is 0 Å². The van der Waals surface area contributed by atoms with E-state index in [9.17, 15) is 0 Å². The number of hydrogen-bond acceptors (Lipinski definition) is 3. The summed E-state index contributed by atoms with van der Waals surface area (Å²) in [5.41, 5.74) is 10.6. The van der Waals surface area contributed by atoms with Gasteiger partial charge in [0.25, 0.3) is 0 Å². The fraction of sp³-hybridized carbons (Fsp3) is 0.231. The first-order chi connectivity index (χ1) is 28.6. The molecule has 0 saturated heterocycles. The third-order valence-electron chi connectivity index (χ3n) is 11.1. The van der Waals surface area contributed by atoms with E-state index in [2.05, 4.69) is 104 Å². The SMILES string of the molecule is [2H]C([2H])([2H])c1c[c-]c(-c2ccc([Si](C)(C)C)cn2)cc1-c1ccccc1.[2H]C1(c2ccc(-c3ccnc(-c4[c-]ccc5c4oc4ccccc45)c3)cc2)CCC(C)(C)CC1.[Ir]. The summed E-state index contributed by atoms with van der Waals surface area (Å²) in [5.74, 6) is -0.469. The van der Waals surface area contributed by atoms with Crippen LogP contribution in [0.1, 0.15) is 62.0 Å². The van der Waals surface area contributed by atoms with Crippen molar-refractivity contribution in [3.8, 4) is 44.8 Å². The van der Waals surface area contributed by atoms with Crippen LogP contribution in [0.15, 0.2) is 144 Å². The van der Waals surface area contributed by atoms with Crippen molar-refractivity contribution in [2.75, 3.05) is 0 Å². The van der Waals surface area contributed by atoms with Crippen molar-refractivity contribution < 1.29 is 30.0 Å². The normalized spacial score (nSPS) is 15.9. The molecule has 0 unspecified atom stereocenters. The zero-order valence-corrected chi connectivity index (χ0v) is 36.6. The largest absolute Gasteiger partial charge is 0.501 e. The molecule has 1 radical (unpaired) electrons. The van der Waals surface area contributed by atoms with Gasteiger partial charge in [-0.2, -0.15) is 0 Å². The van der Waals surface area contributed by atoms with Crippen molar-refractivity contribution >= 4 is 35.2 Å². The molecule has 0 atom stereocenters. The number of para-hydroxylation sites is 1. The number of aromatic nitrogens is 2. The Kier molecular flexibility index (Phi) is 10.4. The second kappa shape index (κ2) is 16.9. The van der Waals surface area contributed by atoms with Crippen molar-refractivity contribution in [1.82, 2.24) is 9.97 Å². The summed E-state index contributed by atoms with van der Waals surface area (Å²) in [6, 6.07) is 48.5. The minimum absolute atomic E-state index is 0. The average Bonchev–Trinajstić information content (AvgIpc) is 3.64. The summed E-state index contributed by atoms with van der Waals surface area (Å²) in [6.45, 7) is 9.31. The van der Waals surface area contributed by atoms with Crippen LogP contribution in [0.2, 0.25) is 19.6 Å². The molecule has 0 aliphatic heterocycles. The first kappa shape index (κ1) is 35.2. The Bertz CT molecular complexity index is 2770. The van der Waals surface area contributed by atoms with Gasteiger partial charge >= 0.3 is 0 Å². The molecule has 1 aliphatic rings. The van der Waals surface area contributed by atoms with Gasteiger partial charge in [-0.3, -0.25) is 0 Å². The molecule has 9 rings (SSSR count). The minimum Gasteiger partial charge on any atom is -0.501 e. The molecule has 0 amide bonds. The predicted molar refractivity (Wildman–Crippen MR) is 238 cm³/mol. The third kappa shape index (κ3) is 8.97. The predicted octanol–water partition coefficient (Wildman–Crippen LogP) is 13.9. The summed E-state index contributed by atoms with van der Waals surface area (Å²) >= 11 is 0. The zero-order chi connectivity index (χ0) is 42.3. The van der Waals surface area contributed by atoms with E-state index in [1.165, 1.54) is 5.19 Å². The Balaban J connectivity index is 0.000000188. The molecule has 3 heterocycles. The van der Waals surface area contributed by atoms with Crippen molar-refractivity contribution in [2.45, 2.75) is 71.9 Å². The molecule has 1 fully saturated rings. The van der Waals surface area contributed by atoms with Crippen LogP contribution in [0.4, 0.5) is 0 Å². The first-order valence-corrected chi connectivity index (χ1v) is 23.1. The van der Waals surface area contributed by atoms with Crippen molar-refractivity contribution in [3.05, 3.63) is 163 Å². The number of nitrogens with zero attached hydrogens (tertiary/aromatic N) is 2. The van der Waals surface area contributed by atoms with Crippen LogP contribution in [-0.4, -0.2) is 18.0 Å². The molecule has 57 heavy (non-hydrogen) atoms. The van der Waals surface area contributed by atoms with E-state index in [1.54, 1.807) is 6.07 Å². The Morgan fingerprint density at radius 2 is 1.51 bits per heavy atom. The molecule has 8 aromatic rings. The summed E-state index contributed by atoms with van der Waals surface area (Å²) in [7, 11) is -1.40. The number of aryl methyl sites for hydroxylation is 1. The fourth-order valence-electron chi connectivity index (χ4n) is 7.54. The van der Waals surface area contributed by atoms with E-state index in [4.69, 9.17) is 9.90 Å². The summed E-state index contributed by atoms with van der Waals surface area (Å²) in [6.07, 6.45) is 7.86. The van der Waals surface area contributed by atoms with E-state index in [0.717, 1.165) is 92.4 Å². The summed E-state index contributed by atoms with van der Waals surface area (Å²) < 4.78 is 38.8.